The Labute approximate surface area is 97.3 Å². The largest absolute Gasteiger partial charge is 0.384 e. The van der Waals surface area contributed by atoms with Gasteiger partial charge in [-0.05, 0) is 52.1 Å². The lowest BCUT2D eigenvalue weighted by molar-refractivity contribution is -0.0910. The van der Waals surface area contributed by atoms with Gasteiger partial charge in [-0.1, -0.05) is 13.8 Å². The van der Waals surface area contributed by atoms with Crippen molar-refractivity contribution in [1.82, 2.24) is 0 Å². The molecular weight excluding hydrogens is 260 g/mol. The van der Waals surface area contributed by atoms with Gasteiger partial charge in [-0.15, -0.1) is 11.3 Å². The van der Waals surface area contributed by atoms with E-state index >= 15 is 0 Å². The van der Waals surface area contributed by atoms with Crippen LogP contribution in [0.5, 0.6) is 0 Å². The van der Waals surface area contributed by atoms with Gasteiger partial charge >= 0.3 is 0 Å². The van der Waals surface area contributed by atoms with Crippen LogP contribution in [0, 0.1) is 11.8 Å². The van der Waals surface area contributed by atoms with Gasteiger partial charge in [0.05, 0.1) is 4.88 Å². The minimum atomic E-state index is -0.540. The molecule has 1 aliphatic rings. The molecule has 14 heavy (non-hydrogen) atoms. The summed E-state index contributed by atoms with van der Waals surface area (Å²) in [6.07, 6.45) is 1.84. The molecule has 0 saturated heterocycles. The van der Waals surface area contributed by atoms with E-state index in [0.717, 1.165) is 22.2 Å². The Morgan fingerprint density at radius 1 is 1.57 bits per heavy atom. The Morgan fingerprint density at radius 2 is 2.21 bits per heavy atom. The molecule has 1 heterocycles. The molecule has 0 radical (unpaired) electrons. The Bertz CT molecular complexity index is 326. The quantitative estimate of drug-likeness (QED) is 0.871. The lowest BCUT2D eigenvalue weighted by atomic mass is 9.66. The summed E-state index contributed by atoms with van der Waals surface area (Å²) in [6.45, 7) is 4.46. The monoisotopic (exact) mass is 274 g/mol. The molecule has 0 aliphatic heterocycles. The van der Waals surface area contributed by atoms with E-state index in [1.165, 1.54) is 0 Å². The maximum Gasteiger partial charge on any atom is 0.100 e. The predicted octanol–water partition coefficient (Wildman–Crippen LogP) is 3.76. The first-order valence-electron chi connectivity index (χ1n) is 4.99. The molecule has 1 N–H and O–H groups in total. The highest BCUT2D eigenvalue weighted by molar-refractivity contribution is 9.10. The first-order valence-corrected chi connectivity index (χ1v) is 6.66. The third-order valence-electron chi connectivity index (χ3n) is 3.18. The van der Waals surface area contributed by atoms with Crippen LogP contribution in [0.25, 0.3) is 0 Å². The van der Waals surface area contributed by atoms with Crippen LogP contribution in [0.15, 0.2) is 15.9 Å². The number of hydrogen-bond acceptors (Lipinski definition) is 2. The standard InChI is InChI=1S/C11H15BrOS/c1-7(2)8-5-11(13,6-8)10-9(12)3-4-14-10/h3-4,7-8,13H,5-6H2,1-2H3. The normalized spacial score (nSPS) is 31.9. The lowest BCUT2D eigenvalue weighted by Gasteiger charge is -2.45. The second-order valence-electron chi connectivity index (χ2n) is 4.54. The van der Waals surface area contributed by atoms with Crippen LogP contribution in [0.1, 0.15) is 31.6 Å². The summed E-state index contributed by atoms with van der Waals surface area (Å²) in [5.41, 5.74) is -0.540. The van der Waals surface area contributed by atoms with Crippen molar-refractivity contribution in [2.75, 3.05) is 0 Å². The van der Waals surface area contributed by atoms with E-state index in [1.807, 2.05) is 11.4 Å². The number of aliphatic hydroxyl groups is 1. The molecule has 1 fully saturated rings. The molecule has 0 aromatic carbocycles. The molecule has 78 valence electrons. The zero-order valence-electron chi connectivity index (χ0n) is 8.46. The van der Waals surface area contributed by atoms with Crippen molar-refractivity contribution in [2.45, 2.75) is 32.3 Å². The van der Waals surface area contributed by atoms with E-state index in [-0.39, 0.29) is 0 Å². The van der Waals surface area contributed by atoms with Crippen LogP contribution in [0.4, 0.5) is 0 Å². The molecule has 1 nitrogen and oxygen atoms in total. The van der Waals surface area contributed by atoms with Crippen molar-refractivity contribution in [1.29, 1.82) is 0 Å². The second-order valence-corrected chi connectivity index (χ2v) is 6.31. The van der Waals surface area contributed by atoms with Crippen molar-refractivity contribution in [3.63, 3.8) is 0 Å². The molecule has 0 unspecified atom stereocenters. The molecule has 1 saturated carbocycles. The van der Waals surface area contributed by atoms with Crippen LogP contribution < -0.4 is 0 Å². The van der Waals surface area contributed by atoms with Crippen LogP contribution in [-0.4, -0.2) is 5.11 Å². The number of thiophene rings is 1. The van der Waals surface area contributed by atoms with Crippen molar-refractivity contribution in [3.8, 4) is 0 Å². The van der Waals surface area contributed by atoms with Crippen LogP contribution >= 0.6 is 27.3 Å². The van der Waals surface area contributed by atoms with Gasteiger partial charge in [0.1, 0.15) is 5.60 Å². The molecule has 0 atom stereocenters. The average Bonchev–Trinajstić information content (AvgIpc) is 2.45. The molecule has 0 amide bonds. The smallest absolute Gasteiger partial charge is 0.100 e. The van der Waals surface area contributed by atoms with E-state index in [0.29, 0.717) is 11.8 Å². The van der Waals surface area contributed by atoms with Gasteiger partial charge in [-0.25, -0.2) is 0 Å². The summed E-state index contributed by atoms with van der Waals surface area (Å²) in [6, 6.07) is 2.01. The van der Waals surface area contributed by atoms with Crippen molar-refractivity contribution >= 4 is 27.3 Å². The third-order valence-corrected chi connectivity index (χ3v) is 5.21. The predicted molar refractivity (Wildman–Crippen MR) is 63.5 cm³/mol. The Kier molecular flexibility index (Phi) is 2.75. The second kappa shape index (κ2) is 3.62. The van der Waals surface area contributed by atoms with Gasteiger partial charge in [0.15, 0.2) is 0 Å². The first-order chi connectivity index (χ1) is 6.53. The van der Waals surface area contributed by atoms with Crippen LogP contribution in [0.3, 0.4) is 0 Å². The number of halogens is 1. The average molecular weight is 275 g/mol. The van der Waals surface area contributed by atoms with Gasteiger partial charge in [0.2, 0.25) is 0 Å². The molecule has 3 heteroatoms. The SMILES string of the molecule is CC(C)C1CC(O)(c2sccc2Br)C1. The van der Waals surface area contributed by atoms with Crippen molar-refractivity contribution < 1.29 is 5.11 Å². The Morgan fingerprint density at radius 3 is 2.64 bits per heavy atom. The topological polar surface area (TPSA) is 20.2 Å². The molecule has 0 bridgehead atoms. The zero-order valence-corrected chi connectivity index (χ0v) is 10.9. The number of rotatable bonds is 2. The fourth-order valence-electron chi connectivity index (χ4n) is 2.09. The van der Waals surface area contributed by atoms with Gasteiger partial charge in [-0.2, -0.15) is 0 Å². The lowest BCUT2D eigenvalue weighted by Crippen LogP contribution is -2.42. The fourth-order valence-corrected chi connectivity index (χ4v) is 3.95. The van der Waals surface area contributed by atoms with E-state index in [1.54, 1.807) is 11.3 Å². The van der Waals surface area contributed by atoms with Crippen molar-refractivity contribution in [2.24, 2.45) is 11.8 Å². The Balaban J connectivity index is 2.11. The molecule has 1 aliphatic carbocycles. The van der Waals surface area contributed by atoms with Crippen molar-refractivity contribution in [3.05, 3.63) is 20.8 Å². The molecule has 2 rings (SSSR count). The maximum atomic E-state index is 10.4. The highest BCUT2D eigenvalue weighted by Gasteiger charge is 2.46. The van der Waals surface area contributed by atoms with Gasteiger partial charge in [-0.3, -0.25) is 0 Å². The molecule has 1 aromatic rings. The Hall–Kier alpha value is 0.140. The van der Waals surface area contributed by atoms with Gasteiger partial charge in [0, 0.05) is 4.47 Å². The highest BCUT2D eigenvalue weighted by atomic mass is 79.9. The minimum absolute atomic E-state index is 0.540. The summed E-state index contributed by atoms with van der Waals surface area (Å²) < 4.78 is 1.06. The molecule has 1 aromatic heterocycles. The third kappa shape index (κ3) is 1.66. The summed E-state index contributed by atoms with van der Waals surface area (Å²) in [5.74, 6) is 1.38. The summed E-state index contributed by atoms with van der Waals surface area (Å²) in [7, 11) is 0. The van der Waals surface area contributed by atoms with Crippen LogP contribution in [0.2, 0.25) is 0 Å². The van der Waals surface area contributed by atoms with E-state index in [2.05, 4.69) is 29.8 Å². The summed E-state index contributed by atoms with van der Waals surface area (Å²) in [5, 5.41) is 12.4. The zero-order chi connectivity index (χ0) is 10.3. The summed E-state index contributed by atoms with van der Waals surface area (Å²) >= 11 is 5.13. The van der Waals surface area contributed by atoms with E-state index in [4.69, 9.17) is 0 Å². The highest BCUT2D eigenvalue weighted by Crippen LogP contribution is 2.51. The van der Waals surface area contributed by atoms with Gasteiger partial charge < -0.3 is 5.11 Å². The minimum Gasteiger partial charge on any atom is -0.384 e. The summed E-state index contributed by atoms with van der Waals surface area (Å²) in [4.78, 5) is 1.11. The first kappa shape index (κ1) is 10.7. The van der Waals surface area contributed by atoms with E-state index < -0.39 is 5.60 Å². The molecule has 0 spiro atoms. The number of hydrogen-bond donors (Lipinski definition) is 1. The van der Waals surface area contributed by atoms with Gasteiger partial charge in [0.25, 0.3) is 0 Å². The maximum absolute atomic E-state index is 10.4. The molecular formula is C11H15BrOS. The fraction of sp³-hybridized carbons (Fsp3) is 0.636. The van der Waals surface area contributed by atoms with Crippen LogP contribution in [-0.2, 0) is 5.60 Å². The van der Waals surface area contributed by atoms with E-state index in [9.17, 15) is 5.11 Å².